The largest absolute Gasteiger partial charge is 0.478 e. The first-order valence-electron chi connectivity index (χ1n) is 7.41. The number of hydrogen-bond acceptors (Lipinski definition) is 5. The number of carboxylic acid groups (broad SMARTS) is 1. The molecule has 0 spiro atoms. The number of thiophene rings is 1. The van der Waals surface area contributed by atoms with Gasteiger partial charge in [-0.25, -0.2) is 13.2 Å². The van der Waals surface area contributed by atoms with Gasteiger partial charge in [-0.3, -0.25) is 9.52 Å². The number of carbonyl (C=O) groups excluding carboxylic acids is 1. The van der Waals surface area contributed by atoms with Crippen LogP contribution in [0.4, 0.5) is 5.69 Å². The number of hydrogen-bond donors (Lipinski definition) is 3. The number of rotatable bonds is 6. The molecule has 3 N–H and O–H groups in total. The van der Waals surface area contributed by atoms with E-state index in [4.69, 9.17) is 5.11 Å². The lowest BCUT2D eigenvalue weighted by molar-refractivity contribution is 0.0696. The predicted octanol–water partition coefficient (Wildman–Crippen LogP) is 2.61. The summed E-state index contributed by atoms with van der Waals surface area (Å²) in [6, 6.07) is 5.52. The van der Waals surface area contributed by atoms with Gasteiger partial charge in [0, 0.05) is 11.4 Å². The van der Waals surface area contributed by atoms with Gasteiger partial charge >= 0.3 is 5.97 Å². The minimum atomic E-state index is -3.95. The summed E-state index contributed by atoms with van der Waals surface area (Å²) < 4.78 is 27.7. The molecule has 25 heavy (non-hydrogen) atoms. The van der Waals surface area contributed by atoms with Crippen LogP contribution in [0.25, 0.3) is 0 Å². The number of anilines is 1. The van der Waals surface area contributed by atoms with Crippen molar-refractivity contribution in [1.29, 1.82) is 0 Å². The average Bonchev–Trinajstić information content (AvgIpc) is 2.92. The molecule has 0 aliphatic carbocycles. The summed E-state index contributed by atoms with van der Waals surface area (Å²) in [5, 5.41) is 11.7. The number of nitrogens with one attached hydrogen (secondary N) is 2. The van der Waals surface area contributed by atoms with E-state index >= 15 is 0 Å². The smallest absolute Gasteiger partial charge is 0.335 e. The van der Waals surface area contributed by atoms with E-state index in [1.807, 2.05) is 0 Å². The van der Waals surface area contributed by atoms with Crippen LogP contribution < -0.4 is 10.0 Å². The van der Waals surface area contributed by atoms with Crippen molar-refractivity contribution < 1.29 is 23.1 Å². The van der Waals surface area contributed by atoms with E-state index in [-0.39, 0.29) is 22.1 Å². The van der Waals surface area contributed by atoms with Crippen LogP contribution >= 0.6 is 11.3 Å². The summed E-state index contributed by atoms with van der Waals surface area (Å²) >= 11 is 1.09. The highest BCUT2D eigenvalue weighted by molar-refractivity contribution is 7.93. The fourth-order valence-corrected chi connectivity index (χ4v) is 4.79. The second kappa shape index (κ2) is 7.24. The van der Waals surface area contributed by atoms with Crippen molar-refractivity contribution in [2.45, 2.75) is 25.7 Å². The van der Waals surface area contributed by atoms with Crippen LogP contribution in [0.15, 0.2) is 29.2 Å². The van der Waals surface area contributed by atoms with Crippen molar-refractivity contribution in [3.8, 4) is 0 Å². The van der Waals surface area contributed by atoms with Gasteiger partial charge in [-0.15, -0.1) is 11.3 Å². The Morgan fingerprint density at radius 3 is 2.48 bits per heavy atom. The molecular formula is C16H18N2O5S2. The van der Waals surface area contributed by atoms with Gasteiger partial charge in [-0.05, 0) is 44.5 Å². The molecule has 7 nitrogen and oxygen atoms in total. The Labute approximate surface area is 149 Å². The number of sulfonamides is 1. The molecule has 2 rings (SSSR count). The molecule has 0 aliphatic heterocycles. The third kappa shape index (κ3) is 4.18. The van der Waals surface area contributed by atoms with Crippen LogP contribution in [0.5, 0.6) is 0 Å². The zero-order chi connectivity index (χ0) is 18.8. The summed E-state index contributed by atoms with van der Waals surface area (Å²) in [7, 11) is -3.95. The maximum absolute atomic E-state index is 12.7. The maximum Gasteiger partial charge on any atom is 0.335 e. The lowest BCUT2D eigenvalue weighted by Crippen LogP contribution is -2.21. The highest BCUT2D eigenvalue weighted by Gasteiger charge is 2.23. The first-order valence-corrected chi connectivity index (χ1v) is 9.71. The molecule has 0 fully saturated rings. The van der Waals surface area contributed by atoms with Crippen molar-refractivity contribution in [2.24, 2.45) is 0 Å². The Morgan fingerprint density at radius 2 is 1.88 bits per heavy atom. The van der Waals surface area contributed by atoms with Crippen molar-refractivity contribution >= 4 is 38.9 Å². The first-order chi connectivity index (χ1) is 11.7. The van der Waals surface area contributed by atoms with Gasteiger partial charge in [0.2, 0.25) is 0 Å². The Morgan fingerprint density at radius 1 is 1.20 bits per heavy atom. The molecule has 9 heteroatoms. The number of amides is 1. The number of aromatic carboxylic acids is 1. The monoisotopic (exact) mass is 382 g/mol. The molecule has 1 aromatic carbocycles. The quantitative estimate of drug-likeness (QED) is 0.711. The Balaban J connectivity index is 2.39. The summed E-state index contributed by atoms with van der Waals surface area (Å²) in [5.74, 6) is -1.48. The van der Waals surface area contributed by atoms with Crippen LogP contribution in [0.1, 0.15) is 37.4 Å². The van der Waals surface area contributed by atoms with Crippen molar-refractivity contribution in [1.82, 2.24) is 5.32 Å². The highest BCUT2D eigenvalue weighted by Crippen LogP contribution is 2.28. The molecule has 2 aromatic rings. The number of benzene rings is 1. The average molecular weight is 382 g/mol. The first kappa shape index (κ1) is 18.9. The van der Waals surface area contributed by atoms with E-state index in [1.165, 1.54) is 24.3 Å². The molecule has 0 unspecified atom stereocenters. The van der Waals surface area contributed by atoms with E-state index in [2.05, 4.69) is 10.0 Å². The lowest BCUT2D eigenvalue weighted by Gasteiger charge is -2.11. The maximum atomic E-state index is 12.7. The van der Waals surface area contributed by atoms with Crippen molar-refractivity contribution in [3.05, 3.63) is 45.1 Å². The molecule has 1 amide bonds. The zero-order valence-electron chi connectivity index (χ0n) is 13.9. The molecule has 0 saturated heterocycles. The summed E-state index contributed by atoms with van der Waals surface area (Å²) in [6.45, 7) is 5.50. The fraction of sp³-hybridized carbons (Fsp3) is 0.250. The molecule has 0 saturated carbocycles. The van der Waals surface area contributed by atoms with Crippen LogP contribution in [0, 0.1) is 13.8 Å². The zero-order valence-corrected chi connectivity index (χ0v) is 15.5. The third-order valence-electron chi connectivity index (χ3n) is 3.45. The van der Waals surface area contributed by atoms with Gasteiger partial charge in [-0.2, -0.15) is 0 Å². The van der Waals surface area contributed by atoms with E-state index in [1.54, 1.807) is 20.8 Å². The highest BCUT2D eigenvalue weighted by atomic mass is 32.2. The predicted molar refractivity (Wildman–Crippen MR) is 96.0 cm³/mol. The van der Waals surface area contributed by atoms with Crippen LogP contribution in [0.3, 0.4) is 0 Å². The van der Waals surface area contributed by atoms with Gasteiger partial charge in [0.1, 0.15) is 4.90 Å². The molecule has 134 valence electrons. The van der Waals surface area contributed by atoms with E-state index in [0.717, 1.165) is 11.3 Å². The Hall–Kier alpha value is -2.39. The van der Waals surface area contributed by atoms with Gasteiger partial charge < -0.3 is 10.4 Å². The molecule has 0 bridgehead atoms. The topological polar surface area (TPSA) is 113 Å². The summed E-state index contributed by atoms with van der Waals surface area (Å²) in [4.78, 5) is 23.7. The normalized spacial score (nSPS) is 11.2. The second-order valence-corrected chi connectivity index (χ2v) is 8.24. The SMILES string of the molecule is CCNC(=O)c1cc(S(=O)(=O)Nc2cc(C(=O)O)ccc2C)c(C)s1. The van der Waals surface area contributed by atoms with Gasteiger partial charge in [0.25, 0.3) is 15.9 Å². The Bertz CT molecular complexity index is 932. The van der Waals surface area contributed by atoms with E-state index in [9.17, 15) is 18.0 Å². The van der Waals surface area contributed by atoms with Crippen LogP contribution in [0.2, 0.25) is 0 Å². The number of aryl methyl sites for hydroxylation is 2. The minimum absolute atomic E-state index is 0.00104. The van der Waals surface area contributed by atoms with Crippen molar-refractivity contribution in [3.63, 3.8) is 0 Å². The molecule has 0 aliphatic rings. The fourth-order valence-electron chi connectivity index (χ4n) is 2.16. The Kier molecular flexibility index (Phi) is 5.48. The van der Waals surface area contributed by atoms with Crippen LogP contribution in [-0.4, -0.2) is 31.9 Å². The van der Waals surface area contributed by atoms with Gasteiger partial charge in [0.05, 0.1) is 16.1 Å². The summed E-state index contributed by atoms with van der Waals surface area (Å²) in [5.41, 5.74) is 0.754. The number of carboxylic acids is 1. The van der Waals surface area contributed by atoms with Crippen LogP contribution in [-0.2, 0) is 10.0 Å². The molecule has 1 aromatic heterocycles. The minimum Gasteiger partial charge on any atom is -0.478 e. The summed E-state index contributed by atoms with van der Waals surface area (Å²) in [6.07, 6.45) is 0. The standard InChI is InChI=1S/C16H18N2O5S2/c1-4-17-15(19)13-8-14(10(3)24-13)25(22,23)18-12-7-11(16(20)21)6-5-9(12)2/h5-8,18H,4H2,1-3H3,(H,17,19)(H,20,21). The van der Waals surface area contributed by atoms with E-state index in [0.29, 0.717) is 21.9 Å². The molecular weight excluding hydrogens is 364 g/mol. The molecule has 0 atom stereocenters. The van der Waals surface area contributed by atoms with Crippen molar-refractivity contribution in [2.75, 3.05) is 11.3 Å². The second-order valence-electron chi connectivity index (χ2n) is 5.33. The number of carbonyl (C=O) groups is 2. The van der Waals surface area contributed by atoms with Gasteiger partial charge in [-0.1, -0.05) is 6.07 Å². The third-order valence-corrected chi connectivity index (χ3v) is 6.12. The molecule has 1 heterocycles. The van der Waals surface area contributed by atoms with E-state index < -0.39 is 16.0 Å². The van der Waals surface area contributed by atoms with Gasteiger partial charge in [0.15, 0.2) is 0 Å². The molecule has 0 radical (unpaired) electrons. The lowest BCUT2D eigenvalue weighted by atomic mass is 10.1.